The van der Waals surface area contributed by atoms with Gasteiger partial charge in [-0.3, -0.25) is 9.69 Å². The molecule has 5 nitrogen and oxygen atoms in total. The van der Waals surface area contributed by atoms with Gasteiger partial charge in [0.15, 0.2) is 0 Å². The van der Waals surface area contributed by atoms with Crippen LogP contribution in [-0.4, -0.2) is 38.2 Å². The highest BCUT2D eigenvalue weighted by Crippen LogP contribution is 2.33. The minimum atomic E-state index is -0.770. The fourth-order valence-corrected chi connectivity index (χ4v) is 4.54. The molecule has 1 aliphatic rings. The van der Waals surface area contributed by atoms with Crippen LogP contribution in [0.4, 0.5) is 0 Å². The Hall–Kier alpha value is -2.02. The zero-order chi connectivity index (χ0) is 19.2. The van der Waals surface area contributed by atoms with Crippen molar-refractivity contribution >= 4 is 21.6 Å². The minimum Gasteiger partial charge on any atom is -0.389 e. The minimum absolute atomic E-state index is 0.0893. The summed E-state index contributed by atoms with van der Waals surface area (Å²) in [5.41, 5.74) is 2.31. The van der Waals surface area contributed by atoms with Gasteiger partial charge in [-0.15, -0.1) is 11.3 Å². The molecule has 0 saturated heterocycles. The van der Waals surface area contributed by atoms with Gasteiger partial charge in [-0.25, -0.2) is 4.98 Å². The summed E-state index contributed by atoms with van der Waals surface area (Å²) in [5, 5.41) is 12.9. The third-order valence-electron chi connectivity index (χ3n) is 4.93. The van der Waals surface area contributed by atoms with Crippen molar-refractivity contribution in [2.45, 2.75) is 51.8 Å². The van der Waals surface area contributed by atoms with Crippen molar-refractivity contribution in [1.82, 2.24) is 14.9 Å². The number of benzene rings is 1. The van der Waals surface area contributed by atoms with Crippen molar-refractivity contribution in [1.29, 1.82) is 0 Å². The lowest BCUT2D eigenvalue weighted by molar-refractivity contribution is 0.0296. The van der Waals surface area contributed by atoms with Crippen LogP contribution in [0, 0.1) is 6.92 Å². The van der Waals surface area contributed by atoms with Gasteiger partial charge in [-0.1, -0.05) is 24.3 Å². The summed E-state index contributed by atoms with van der Waals surface area (Å²) < 4.78 is 0. The van der Waals surface area contributed by atoms with Gasteiger partial charge in [0.2, 0.25) is 0 Å². The van der Waals surface area contributed by atoms with E-state index in [4.69, 9.17) is 4.98 Å². The fourth-order valence-electron chi connectivity index (χ4n) is 3.58. The van der Waals surface area contributed by atoms with Crippen LogP contribution in [-0.2, 0) is 6.54 Å². The van der Waals surface area contributed by atoms with Gasteiger partial charge >= 0.3 is 0 Å². The average Bonchev–Trinajstić information content (AvgIpc) is 3.34. The number of nitrogens with one attached hydrogen (secondary N) is 1. The molecule has 1 fully saturated rings. The van der Waals surface area contributed by atoms with Gasteiger partial charge in [0.1, 0.15) is 10.7 Å². The maximum atomic E-state index is 12.9. The monoisotopic (exact) mass is 383 g/mol. The molecule has 3 aromatic rings. The molecule has 0 radical (unpaired) electrons. The van der Waals surface area contributed by atoms with Gasteiger partial charge in [0.25, 0.3) is 5.56 Å². The molecule has 4 rings (SSSR count). The number of hydrogen-bond acceptors (Lipinski definition) is 5. The number of hydrogen-bond donors (Lipinski definition) is 2. The molecule has 2 N–H and O–H groups in total. The van der Waals surface area contributed by atoms with Crippen molar-refractivity contribution in [3.05, 3.63) is 51.4 Å². The molecule has 27 heavy (non-hydrogen) atoms. The zero-order valence-corrected chi connectivity index (χ0v) is 16.8. The molecule has 0 amide bonds. The van der Waals surface area contributed by atoms with E-state index >= 15 is 0 Å². The number of rotatable bonds is 6. The third kappa shape index (κ3) is 3.98. The molecule has 1 aromatic carbocycles. The number of aliphatic hydroxyl groups is 1. The van der Waals surface area contributed by atoms with Crippen LogP contribution in [0.1, 0.15) is 38.1 Å². The molecule has 1 aliphatic carbocycles. The molecular formula is C21H25N3O2S. The zero-order valence-electron chi connectivity index (χ0n) is 16.0. The highest BCUT2D eigenvalue weighted by Gasteiger charge is 2.32. The van der Waals surface area contributed by atoms with Crippen LogP contribution < -0.4 is 5.56 Å². The van der Waals surface area contributed by atoms with E-state index in [2.05, 4.69) is 22.9 Å². The van der Waals surface area contributed by atoms with E-state index < -0.39 is 5.60 Å². The van der Waals surface area contributed by atoms with Crippen LogP contribution in [0.5, 0.6) is 0 Å². The number of fused-ring (bicyclic) bond motifs is 1. The highest BCUT2D eigenvalue weighted by molar-refractivity contribution is 7.17. The molecule has 0 spiro atoms. The van der Waals surface area contributed by atoms with Crippen molar-refractivity contribution < 1.29 is 5.11 Å². The second kappa shape index (κ2) is 6.86. The summed E-state index contributed by atoms with van der Waals surface area (Å²) in [7, 11) is 0. The van der Waals surface area contributed by atoms with E-state index in [9.17, 15) is 9.90 Å². The molecule has 1 saturated carbocycles. The first-order valence-electron chi connectivity index (χ1n) is 9.35. The summed E-state index contributed by atoms with van der Waals surface area (Å²) in [5.74, 6) is 0.668. The Morgan fingerprint density at radius 3 is 2.70 bits per heavy atom. The molecule has 0 atom stereocenters. The topological polar surface area (TPSA) is 69.2 Å². The molecular weight excluding hydrogens is 358 g/mol. The summed E-state index contributed by atoms with van der Waals surface area (Å²) >= 11 is 1.51. The van der Waals surface area contributed by atoms with E-state index in [1.807, 2.05) is 37.4 Å². The molecule has 2 heterocycles. The first kappa shape index (κ1) is 18.3. The molecule has 6 heteroatoms. The van der Waals surface area contributed by atoms with E-state index in [-0.39, 0.29) is 5.56 Å². The number of aryl methyl sites for hydroxylation is 1. The average molecular weight is 384 g/mol. The maximum Gasteiger partial charge on any atom is 0.260 e. The van der Waals surface area contributed by atoms with Gasteiger partial charge in [-0.2, -0.15) is 0 Å². The highest BCUT2D eigenvalue weighted by atomic mass is 32.1. The molecule has 142 valence electrons. The quantitative estimate of drug-likeness (QED) is 0.681. The van der Waals surface area contributed by atoms with Gasteiger partial charge < -0.3 is 10.1 Å². The number of H-pyrrole nitrogens is 1. The maximum absolute atomic E-state index is 12.9. The Morgan fingerprint density at radius 1 is 1.30 bits per heavy atom. The Labute approximate surface area is 162 Å². The SMILES string of the molecule is Cc1ccccc1-c1csc2nc(CN(CC(C)(C)O)C3CC3)[nH]c(=O)c12. The van der Waals surface area contributed by atoms with E-state index in [0.717, 1.165) is 34.4 Å². The smallest absolute Gasteiger partial charge is 0.260 e. The van der Waals surface area contributed by atoms with E-state index in [0.29, 0.717) is 30.3 Å². The van der Waals surface area contributed by atoms with Crippen LogP contribution >= 0.6 is 11.3 Å². The van der Waals surface area contributed by atoms with Crippen molar-refractivity contribution in [3.63, 3.8) is 0 Å². The van der Waals surface area contributed by atoms with Crippen LogP contribution in [0.25, 0.3) is 21.3 Å². The Balaban J connectivity index is 1.69. The lowest BCUT2D eigenvalue weighted by Crippen LogP contribution is -2.40. The number of nitrogens with zero attached hydrogens (tertiary/aromatic N) is 2. The summed E-state index contributed by atoms with van der Waals surface area (Å²) in [4.78, 5) is 23.6. The van der Waals surface area contributed by atoms with Crippen molar-refractivity contribution in [3.8, 4) is 11.1 Å². The second-order valence-corrected chi connectivity index (χ2v) is 8.96. The number of aromatic nitrogens is 2. The van der Waals surface area contributed by atoms with Gasteiger partial charge in [0, 0.05) is 23.5 Å². The standard InChI is InChI=1S/C21H25N3O2S/c1-13-6-4-5-7-15(13)16-11-27-20-18(16)19(25)22-17(23-20)10-24(14-8-9-14)12-21(2,3)26/h4-7,11,14,26H,8-10,12H2,1-3H3,(H,22,23,25). The van der Waals surface area contributed by atoms with Crippen molar-refractivity contribution in [2.24, 2.45) is 0 Å². The third-order valence-corrected chi connectivity index (χ3v) is 5.81. The first-order valence-corrected chi connectivity index (χ1v) is 10.2. The molecule has 0 bridgehead atoms. The summed E-state index contributed by atoms with van der Waals surface area (Å²) in [6, 6.07) is 8.57. The van der Waals surface area contributed by atoms with Gasteiger partial charge in [0.05, 0.1) is 17.5 Å². The summed E-state index contributed by atoms with van der Waals surface area (Å²) in [6.07, 6.45) is 2.28. The van der Waals surface area contributed by atoms with Crippen LogP contribution in [0.15, 0.2) is 34.4 Å². The fraction of sp³-hybridized carbons (Fsp3) is 0.429. The lowest BCUT2D eigenvalue weighted by atomic mass is 10.0. The van der Waals surface area contributed by atoms with Crippen LogP contribution in [0.3, 0.4) is 0 Å². The predicted molar refractivity (Wildman–Crippen MR) is 110 cm³/mol. The predicted octanol–water partition coefficient (Wildman–Crippen LogP) is 3.70. The molecule has 2 aromatic heterocycles. The Kier molecular flexibility index (Phi) is 4.66. The molecule has 0 aliphatic heterocycles. The van der Waals surface area contributed by atoms with E-state index in [1.54, 1.807) is 0 Å². The molecule has 0 unspecified atom stereocenters. The normalized spacial score (nSPS) is 15.0. The van der Waals surface area contributed by atoms with Gasteiger partial charge in [-0.05, 0) is 44.7 Å². The number of aromatic amines is 1. The second-order valence-electron chi connectivity index (χ2n) is 8.11. The number of thiophene rings is 1. The Morgan fingerprint density at radius 2 is 2.04 bits per heavy atom. The first-order chi connectivity index (χ1) is 12.8. The van der Waals surface area contributed by atoms with Crippen LogP contribution in [0.2, 0.25) is 0 Å². The summed E-state index contributed by atoms with van der Waals surface area (Å²) in [6.45, 7) is 6.81. The van der Waals surface area contributed by atoms with Crippen molar-refractivity contribution in [2.75, 3.05) is 6.54 Å². The largest absolute Gasteiger partial charge is 0.389 e. The lowest BCUT2D eigenvalue weighted by Gasteiger charge is -2.28. The Bertz CT molecular complexity index is 1030. The van der Waals surface area contributed by atoms with E-state index in [1.165, 1.54) is 11.3 Å².